The molecule has 21 heavy (non-hydrogen) atoms. The van der Waals surface area contributed by atoms with E-state index in [1.54, 1.807) is 0 Å². The number of amides is 1. The van der Waals surface area contributed by atoms with Crippen molar-refractivity contribution in [1.82, 2.24) is 10.2 Å². The zero-order chi connectivity index (χ0) is 15.7. The molecule has 5 heteroatoms. The molecule has 2 atom stereocenters. The van der Waals surface area contributed by atoms with E-state index in [0.29, 0.717) is 23.8 Å². The van der Waals surface area contributed by atoms with Crippen LogP contribution < -0.4 is 5.32 Å². The lowest BCUT2D eigenvalue weighted by Crippen LogP contribution is -2.51. The lowest BCUT2D eigenvalue weighted by Gasteiger charge is -2.43. The van der Waals surface area contributed by atoms with Crippen molar-refractivity contribution in [2.45, 2.75) is 46.1 Å². The Kier molecular flexibility index (Phi) is 4.83. The van der Waals surface area contributed by atoms with Crippen LogP contribution >= 0.6 is 0 Å². The molecule has 1 heterocycles. The number of aliphatic hydroxyl groups excluding tert-OH is 1. The van der Waals surface area contributed by atoms with Crippen molar-refractivity contribution in [3.63, 3.8) is 0 Å². The maximum atomic E-state index is 11.8. The number of alkyl carbamates (subject to hydrolysis) is 1. The van der Waals surface area contributed by atoms with Crippen LogP contribution in [-0.4, -0.2) is 54.5 Å². The van der Waals surface area contributed by atoms with E-state index in [1.807, 2.05) is 20.8 Å². The highest BCUT2D eigenvalue weighted by Gasteiger charge is 2.55. The summed E-state index contributed by atoms with van der Waals surface area (Å²) in [5, 5.41) is 12.1. The Morgan fingerprint density at radius 1 is 1.38 bits per heavy atom. The van der Waals surface area contributed by atoms with E-state index in [9.17, 15) is 4.79 Å². The van der Waals surface area contributed by atoms with E-state index in [4.69, 9.17) is 9.84 Å². The molecule has 1 spiro atoms. The number of carbonyl (C=O) groups is 1. The number of β-amino-alcohol motifs (C(OH)–C–C–N with tert-alkyl or cyclic N) is 1. The molecule has 0 bridgehead atoms. The van der Waals surface area contributed by atoms with Gasteiger partial charge in [0, 0.05) is 26.2 Å². The smallest absolute Gasteiger partial charge is 0.407 e. The Hall–Kier alpha value is -0.810. The monoisotopic (exact) mass is 298 g/mol. The van der Waals surface area contributed by atoms with Crippen LogP contribution in [0.4, 0.5) is 4.79 Å². The molecule has 1 aliphatic carbocycles. The highest BCUT2D eigenvalue weighted by molar-refractivity contribution is 5.67. The molecular weight excluding hydrogens is 268 g/mol. The van der Waals surface area contributed by atoms with Gasteiger partial charge in [0.05, 0.1) is 6.61 Å². The average Bonchev–Trinajstić information content (AvgIpc) is 3.12. The van der Waals surface area contributed by atoms with Crippen LogP contribution in [0.15, 0.2) is 0 Å². The molecule has 2 unspecified atom stereocenters. The van der Waals surface area contributed by atoms with Gasteiger partial charge in [-0.1, -0.05) is 6.92 Å². The Labute approximate surface area is 128 Å². The van der Waals surface area contributed by atoms with Crippen LogP contribution in [0.25, 0.3) is 0 Å². The number of ether oxygens (including phenoxy) is 1. The largest absolute Gasteiger partial charge is 0.444 e. The summed E-state index contributed by atoms with van der Waals surface area (Å²) in [5.74, 6) is 1.09. The Bertz CT molecular complexity index is 374. The third-order valence-electron chi connectivity index (χ3n) is 4.94. The lowest BCUT2D eigenvalue weighted by atomic mass is 9.75. The van der Waals surface area contributed by atoms with Gasteiger partial charge in [-0.2, -0.15) is 0 Å². The van der Waals surface area contributed by atoms with Gasteiger partial charge >= 0.3 is 6.09 Å². The van der Waals surface area contributed by atoms with E-state index >= 15 is 0 Å². The summed E-state index contributed by atoms with van der Waals surface area (Å²) in [6.07, 6.45) is 2.20. The summed E-state index contributed by atoms with van der Waals surface area (Å²) in [6, 6.07) is 0. The van der Waals surface area contributed by atoms with Crippen LogP contribution in [0.5, 0.6) is 0 Å². The van der Waals surface area contributed by atoms with Crippen LogP contribution in [0.2, 0.25) is 0 Å². The number of nitrogens with one attached hydrogen (secondary N) is 1. The second-order valence-electron chi connectivity index (χ2n) is 7.70. The molecule has 0 aromatic heterocycles. The molecule has 1 saturated heterocycles. The lowest BCUT2D eigenvalue weighted by molar-refractivity contribution is 0.0314. The zero-order valence-corrected chi connectivity index (χ0v) is 13.8. The fourth-order valence-electron chi connectivity index (χ4n) is 3.70. The van der Waals surface area contributed by atoms with Crippen LogP contribution in [0, 0.1) is 17.3 Å². The maximum absolute atomic E-state index is 11.8. The van der Waals surface area contributed by atoms with Crippen molar-refractivity contribution in [2.24, 2.45) is 17.3 Å². The molecule has 122 valence electrons. The van der Waals surface area contributed by atoms with Gasteiger partial charge in [-0.25, -0.2) is 4.79 Å². The van der Waals surface area contributed by atoms with Crippen LogP contribution in [0.3, 0.4) is 0 Å². The van der Waals surface area contributed by atoms with Gasteiger partial charge in [0.25, 0.3) is 0 Å². The van der Waals surface area contributed by atoms with Crippen molar-refractivity contribution >= 4 is 6.09 Å². The number of rotatable bonds is 4. The van der Waals surface area contributed by atoms with E-state index < -0.39 is 5.60 Å². The van der Waals surface area contributed by atoms with E-state index in [2.05, 4.69) is 17.1 Å². The number of nitrogens with zero attached hydrogens (tertiary/aromatic N) is 1. The van der Waals surface area contributed by atoms with Gasteiger partial charge in [0.2, 0.25) is 0 Å². The minimum atomic E-state index is -0.454. The third kappa shape index (κ3) is 4.10. The Morgan fingerprint density at radius 2 is 2.05 bits per heavy atom. The Morgan fingerprint density at radius 3 is 2.57 bits per heavy atom. The molecule has 0 aromatic rings. The first-order valence-corrected chi connectivity index (χ1v) is 8.07. The van der Waals surface area contributed by atoms with Crippen molar-refractivity contribution < 1.29 is 14.6 Å². The van der Waals surface area contributed by atoms with E-state index in [0.717, 1.165) is 19.6 Å². The highest BCUT2D eigenvalue weighted by Crippen LogP contribution is 2.59. The summed E-state index contributed by atoms with van der Waals surface area (Å²) < 4.78 is 5.31. The minimum absolute atomic E-state index is 0.200. The molecule has 1 aliphatic heterocycles. The summed E-state index contributed by atoms with van der Waals surface area (Å²) in [4.78, 5) is 14.1. The highest BCUT2D eigenvalue weighted by atomic mass is 16.6. The SMILES string of the molecule is CC1CN(CCO)CC(CNC(=O)OC(C)(C)C)C12CC2. The molecule has 2 aliphatic rings. The summed E-state index contributed by atoms with van der Waals surface area (Å²) in [6.45, 7) is 11.5. The minimum Gasteiger partial charge on any atom is -0.444 e. The molecule has 1 amide bonds. The van der Waals surface area contributed by atoms with Gasteiger partial charge in [-0.3, -0.25) is 0 Å². The van der Waals surface area contributed by atoms with E-state index in [-0.39, 0.29) is 12.7 Å². The van der Waals surface area contributed by atoms with Gasteiger partial charge in [-0.15, -0.1) is 0 Å². The number of piperidine rings is 1. The number of aliphatic hydroxyl groups is 1. The topological polar surface area (TPSA) is 61.8 Å². The van der Waals surface area contributed by atoms with E-state index in [1.165, 1.54) is 12.8 Å². The third-order valence-corrected chi connectivity index (χ3v) is 4.94. The van der Waals surface area contributed by atoms with Gasteiger partial charge < -0.3 is 20.1 Å². The average molecular weight is 298 g/mol. The first-order valence-electron chi connectivity index (χ1n) is 8.07. The van der Waals surface area contributed by atoms with Crippen molar-refractivity contribution in [2.75, 3.05) is 32.8 Å². The fraction of sp³-hybridized carbons (Fsp3) is 0.938. The van der Waals surface area contributed by atoms with Crippen molar-refractivity contribution in [3.8, 4) is 0 Å². The quantitative estimate of drug-likeness (QED) is 0.831. The summed E-state index contributed by atoms with van der Waals surface area (Å²) >= 11 is 0. The Balaban J connectivity index is 1.89. The standard InChI is InChI=1S/C16H30N2O3/c1-12-10-18(7-8-19)11-13(16(12)5-6-16)9-17-14(20)21-15(2,3)4/h12-13,19H,5-11H2,1-4H3,(H,17,20). The maximum Gasteiger partial charge on any atom is 0.407 e. The molecule has 5 nitrogen and oxygen atoms in total. The second kappa shape index (κ2) is 6.13. The number of hydrogen-bond acceptors (Lipinski definition) is 4. The van der Waals surface area contributed by atoms with Gasteiger partial charge in [-0.05, 0) is 50.9 Å². The summed E-state index contributed by atoms with van der Waals surface area (Å²) in [5.41, 5.74) is -0.0505. The predicted octanol–water partition coefficient (Wildman–Crippen LogP) is 1.85. The number of carbonyl (C=O) groups excluding carboxylic acids is 1. The molecule has 2 rings (SSSR count). The first kappa shape index (κ1) is 16.6. The second-order valence-corrected chi connectivity index (χ2v) is 7.70. The number of likely N-dealkylation sites (tertiary alicyclic amines) is 1. The van der Waals surface area contributed by atoms with Crippen molar-refractivity contribution in [3.05, 3.63) is 0 Å². The first-order chi connectivity index (χ1) is 9.77. The predicted molar refractivity (Wildman–Crippen MR) is 82.1 cm³/mol. The van der Waals surface area contributed by atoms with Crippen molar-refractivity contribution in [1.29, 1.82) is 0 Å². The van der Waals surface area contributed by atoms with Crippen LogP contribution in [0.1, 0.15) is 40.5 Å². The molecule has 2 fully saturated rings. The molecule has 0 aromatic carbocycles. The van der Waals surface area contributed by atoms with Gasteiger partial charge in [0.15, 0.2) is 0 Å². The van der Waals surface area contributed by atoms with Crippen LogP contribution in [-0.2, 0) is 4.74 Å². The molecule has 0 radical (unpaired) electrons. The molecule has 1 saturated carbocycles. The fourth-order valence-corrected chi connectivity index (χ4v) is 3.70. The number of hydrogen-bond donors (Lipinski definition) is 2. The normalized spacial score (nSPS) is 28.4. The molecule has 2 N–H and O–H groups in total. The molecular formula is C16H30N2O3. The zero-order valence-electron chi connectivity index (χ0n) is 13.8. The van der Waals surface area contributed by atoms with Gasteiger partial charge in [0.1, 0.15) is 5.60 Å². The summed E-state index contributed by atoms with van der Waals surface area (Å²) in [7, 11) is 0.